The third-order valence-corrected chi connectivity index (χ3v) is 4.54. The molecule has 0 amide bonds. The van der Waals surface area contributed by atoms with Gasteiger partial charge in [-0.3, -0.25) is 9.78 Å². The molecule has 0 fully saturated rings. The molecular formula is C23H20F3NO. The molecule has 3 rings (SSSR count). The third-order valence-electron chi connectivity index (χ3n) is 4.54. The number of nitrogens with zero attached hydrogens (tertiary/aromatic N) is 1. The number of alkyl halides is 3. The Balaban J connectivity index is 1.58. The molecule has 3 aromatic rings. The second-order valence-corrected chi connectivity index (χ2v) is 6.67. The largest absolute Gasteiger partial charge is 0.417 e. The van der Waals surface area contributed by atoms with E-state index in [1.54, 1.807) is 36.7 Å². The molecule has 0 N–H and O–H groups in total. The van der Waals surface area contributed by atoms with Crippen molar-refractivity contribution in [1.82, 2.24) is 4.98 Å². The summed E-state index contributed by atoms with van der Waals surface area (Å²) < 4.78 is 39.5. The predicted octanol–water partition coefficient (Wildman–Crippen LogP) is 5.90. The summed E-state index contributed by atoms with van der Waals surface area (Å²) in [5.41, 5.74) is 1.98. The second kappa shape index (κ2) is 8.83. The first-order chi connectivity index (χ1) is 13.4. The number of hydrogen-bond donors (Lipinski definition) is 0. The van der Waals surface area contributed by atoms with Crippen molar-refractivity contribution in [3.05, 3.63) is 89.7 Å². The number of benzene rings is 2. The normalized spacial score (nSPS) is 11.4. The maximum atomic E-state index is 13.2. The van der Waals surface area contributed by atoms with E-state index >= 15 is 0 Å². The summed E-state index contributed by atoms with van der Waals surface area (Å²) in [6, 6.07) is 16.3. The minimum Gasteiger partial charge on any atom is -0.299 e. The number of rotatable bonds is 7. The van der Waals surface area contributed by atoms with Crippen LogP contribution in [0.4, 0.5) is 13.2 Å². The highest BCUT2D eigenvalue weighted by Gasteiger charge is 2.33. The monoisotopic (exact) mass is 383 g/mol. The Kier molecular flexibility index (Phi) is 6.24. The van der Waals surface area contributed by atoms with Gasteiger partial charge in [0.15, 0.2) is 0 Å². The van der Waals surface area contributed by atoms with Crippen LogP contribution in [0.2, 0.25) is 0 Å². The zero-order chi connectivity index (χ0) is 20.0. The van der Waals surface area contributed by atoms with E-state index in [1.165, 1.54) is 12.1 Å². The van der Waals surface area contributed by atoms with Gasteiger partial charge in [-0.05, 0) is 47.2 Å². The Labute approximate surface area is 162 Å². The molecule has 0 radical (unpaired) electrons. The topological polar surface area (TPSA) is 30.0 Å². The first-order valence-corrected chi connectivity index (χ1v) is 9.09. The minimum absolute atomic E-state index is 0.156. The van der Waals surface area contributed by atoms with Gasteiger partial charge < -0.3 is 0 Å². The fraction of sp³-hybridized carbons (Fsp3) is 0.217. The van der Waals surface area contributed by atoms with Gasteiger partial charge in [0.1, 0.15) is 5.78 Å². The molecule has 0 spiro atoms. The number of pyridine rings is 1. The molecule has 5 heteroatoms. The van der Waals surface area contributed by atoms with E-state index in [0.717, 1.165) is 17.2 Å². The standard InChI is InChI=1S/C23H20F3NO/c24-23(25,26)22-9-2-1-8-21(22)19-12-10-17(11-13-19)5-3-7-20(28)15-18-6-4-14-27-16-18/h1-2,4,6,8-14,16H,3,5,7,15H2. The zero-order valence-electron chi connectivity index (χ0n) is 15.2. The van der Waals surface area contributed by atoms with Crippen LogP contribution in [0.1, 0.15) is 29.5 Å². The summed E-state index contributed by atoms with van der Waals surface area (Å²) in [6.07, 6.45) is 1.23. The van der Waals surface area contributed by atoms with Gasteiger partial charge in [-0.2, -0.15) is 13.2 Å². The first-order valence-electron chi connectivity index (χ1n) is 9.09. The fourth-order valence-electron chi connectivity index (χ4n) is 3.14. The average molecular weight is 383 g/mol. The van der Waals surface area contributed by atoms with E-state index < -0.39 is 11.7 Å². The number of Topliss-reactive ketones (excluding diaryl/α,β-unsaturated/α-hetero) is 1. The highest BCUT2D eigenvalue weighted by molar-refractivity contribution is 5.80. The van der Waals surface area contributed by atoms with Crippen LogP contribution in [0.25, 0.3) is 11.1 Å². The van der Waals surface area contributed by atoms with Crippen molar-refractivity contribution in [2.75, 3.05) is 0 Å². The lowest BCUT2D eigenvalue weighted by Crippen LogP contribution is -2.06. The molecule has 0 aliphatic heterocycles. The molecule has 0 atom stereocenters. The van der Waals surface area contributed by atoms with Crippen molar-refractivity contribution >= 4 is 5.78 Å². The van der Waals surface area contributed by atoms with E-state index in [2.05, 4.69) is 4.98 Å². The molecule has 1 heterocycles. The number of hydrogen-bond acceptors (Lipinski definition) is 2. The van der Waals surface area contributed by atoms with Gasteiger partial charge in [-0.25, -0.2) is 0 Å². The van der Waals surface area contributed by atoms with Crippen LogP contribution in [-0.2, 0) is 23.8 Å². The Morgan fingerprint density at radius 1 is 0.893 bits per heavy atom. The molecule has 144 valence electrons. The van der Waals surface area contributed by atoms with Gasteiger partial charge in [-0.1, -0.05) is 48.5 Å². The lowest BCUT2D eigenvalue weighted by atomic mass is 9.97. The van der Waals surface area contributed by atoms with Gasteiger partial charge >= 0.3 is 6.18 Å². The van der Waals surface area contributed by atoms with Gasteiger partial charge in [0.2, 0.25) is 0 Å². The summed E-state index contributed by atoms with van der Waals surface area (Å²) in [5, 5.41) is 0. The Morgan fingerprint density at radius 3 is 2.32 bits per heavy atom. The van der Waals surface area contributed by atoms with Gasteiger partial charge in [-0.15, -0.1) is 0 Å². The SMILES string of the molecule is O=C(CCCc1ccc(-c2ccccc2C(F)(F)F)cc1)Cc1cccnc1. The number of ketones is 1. The molecule has 0 aliphatic rings. The number of carbonyl (C=O) groups is 1. The van der Waals surface area contributed by atoms with Crippen molar-refractivity contribution in [1.29, 1.82) is 0 Å². The highest BCUT2D eigenvalue weighted by Crippen LogP contribution is 2.36. The van der Waals surface area contributed by atoms with Crippen molar-refractivity contribution in [3.63, 3.8) is 0 Å². The Morgan fingerprint density at radius 2 is 1.64 bits per heavy atom. The van der Waals surface area contributed by atoms with Crippen LogP contribution in [-0.4, -0.2) is 10.8 Å². The molecular weight excluding hydrogens is 363 g/mol. The average Bonchev–Trinajstić information content (AvgIpc) is 2.69. The third kappa shape index (κ3) is 5.28. The molecule has 0 saturated carbocycles. The van der Waals surface area contributed by atoms with Gasteiger partial charge in [0.05, 0.1) is 5.56 Å². The quantitative estimate of drug-likeness (QED) is 0.508. The fourth-order valence-corrected chi connectivity index (χ4v) is 3.14. The maximum absolute atomic E-state index is 13.2. The smallest absolute Gasteiger partial charge is 0.299 e. The Hall–Kier alpha value is -2.95. The molecule has 2 aromatic carbocycles. The molecule has 0 saturated heterocycles. The minimum atomic E-state index is -4.39. The lowest BCUT2D eigenvalue weighted by Gasteiger charge is -2.13. The summed E-state index contributed by atoms with van der Waals surface area (Å²) in [7, 11) is 0. The van der Waals surface area contributed by atoms with E-state index in [-0.39, 0.29) is 11.3 Å². The van der Waals surface area contributed by atoms with Crippen LogP contribution in [0.3, 0.4) is 0 Å². The molecule has 1 aromatic heterocycles. The van der Waals surface area contributed by atoms with Crippen LogP contribution in [0, 0.1) is 0 Å². The summed E-state index contributed by atoms with van der Waals surface area (Å²) in [6.45, 7) is 0. The number of halogens is 3. The van der Waals surface area contributed by atoms with Crippen LogP contribution in [0.15, 0.2) is 73.1 Å². The number of aryl methyl sites for hydroxylation is 1. The van der Waals surface area contributed by atoms with E-state index in [0.29, 0.717) is 31.2 Å². The molecule has 0 aliphatic carbocycles. The highest BCUT2D eigenvalue weighted by atomic mass is 19.4. The van der Waals surface area contributed by atoms with Crippen LogP contribution < -0.4 is 0 Å². The summed E-state index contributed by atoms with van der Waals surface area (Å²) in [5.74, 6) is 0.156. The van der Waals surface area contributed by atoms with Gasteiger partial charge in [0.25, 0.3) is 0 Å². The van der Waals surface area contributed by atoms with Crippen LogP contribution in [0.5, 0.6) is 0 Å². The Bertz CT molecular complexity index is 919. The van der Waals surface area contributed by atoms with Crippen LogP contribution >= 0.6 is 0 Å². The molecule has 0 bridgehead atoms. The van der Waals surface area contributed by atoms with Gasteiger partial charge in [0, 0.05) is 25.2 Å². The first kappa shape index (κ1) is 19.8. The number of carbonyl (C=O) groups excluding carboxylic acids is 1. The molecule has 2 nitrogen and oxygen atoms in total. The van der Waals surface area contributed by atoms with E-state index in [4.69, 9.17) is 0 Å². The summed E-state index contributed by atoms with van der Waals surface area (Å²) >= 11 is 0. The number of aromatic nitrogens is 1. The molecule has 0 unspecified atom stereocenters. The maximum Gasteiger partial charge on any atom is 0.417 e. The molecule has 28 heavy (non-hydrogen) atoms. The summed E-state index contributed by atoms with van der Waals surface area (Å²) in [4.78, 5) is 16.0. The van der Waals surface area contributed by atoms with E-state index in [9.17, 15) is 18.0 Å². The predicted molar refractivity (Wildman–Crippen MR) is 103 cm³/mol. The lowest BCUT2D eigenvalue weighted by molar-refractivity contribution is -0.137. The second-order valence-electron chi connectivity index (χ2n) is 6.67. The van der Waals surface area contributed by atoms with Crippen molar-refractivity contribution < 1.29 is 18.0 Å². The van der Waals surface area contributed by atoms with Crippen molar-refractivity contribution in [3.8, 4) is 11.1 Å². The van der Waals surface area contributed by atoms with Crippen molar-refractivity contribution in [2.45, 2.75) is 31.9 Å². The van der Waals surface area contributed by atoms with Crippen molar-refractivity contribution in [2.24, 2.45) is 0 Å². The zero-order valence-corrected chi connectivity index (χ0v) is 15.2. The van der Waals surface area contributed by atoms with E-state index in [1.807, 2.05) is 18.2 Å².